The molecule has 0 radical (unpaired) electrons. The number of benzene rings is 1. The molecule has 1 aromatic carbocycles. The monoisotopic (exact) mass is 211 g/mol. The molecule has 0 aliphatic rings. The highest BCUT2D eigenvalue weighted by Crippen LogP contribution is 2.06. The first-order valence-corrected chi connectivity index (χ1v) is 4.95. The summed E-state index contributed by atoms with van der Waals surface area (Å²) in [4.78, 5) is 16.5. The predicted octanol–water partition coefficient (Wildman–Crippen LogP) is 0.680. The molecule has 16 heavy (non-hydrogen) atoms. The van der Waals surface area contributed by atoms with Crippen molar-refractivity contribution in [3.8, 4) is 0 Å². The first-order valence-electron chi connectivity index (χ1n) is 4.95. The van der Waals surface area contributed by atoms with Crippen LogP contribution < -0.4 is 10.8 Å². The zero-order valence-corrected chi connectivity index (χ0v) is 8.77. The van der Waals surface area contributed by atoms with E-state index < -0.39 is 0 Å². The summed E-state index contributed by atoms with van der Waals surface area (Å²) in [6.07, 6.45) is 0. The van der Waals surface area contributed by atoms with Gasteiger partial charge >= 0.3 is 0 Å². The molecule has 2 aromatic heterocycles. The summed E-state index contributed by atoms with van der Waals surface area (Å²) >= 11 is 0. The van der Waals surface area contributed by atoms with Crippen molar-refractivity contribution >= 4 is 23.1 Å². The molecule has 3 rings (SSSR count). The Morgan fingerprint density at radius 2 is 2.06 bits per heavy atom. The summed E-state index contributed by atoms with van der Waals surface area (Å²) in [5, 5.41) is 5.43. The molecule has 0 saturated carbocycles. The van der Waals surface area contributed by atoms with Gasteiger partial charge in [-0.3, -0.25) is 4.79 Å². The second-order valence-electron chi connectivity index (χ2n) is 3.73. The van der Waals surface area contributed by atoms with Crippen LogP contribution >= 0.6 is 0 Å². The Morgan fingerprint density at radius 1 is 1.31 bits per heavy atom. The molecule has 3 aromatic rings. The standard InChI is InChI=1S/C12H9N3O/c1-7-8(2)14-15-11(7)13-10-6-4-3-5-9(10)12(15)16/h3-6H,1H2,2H3. The van der Waals surface area contributed by atoms with Crippen LogP contribution in [0.2, 0.25) is 0 Å². The van der Waals surface area contributed by atoms with Crippen LogP contribution in [0.3, 0.4) is 0 Å². The molecule has 78 valence electrons. The summed E-state index contributed by atoms with van der Waals surface area (Å²) in [5.74, 6) is 0. The topological polar surface area (TPSA) is 47.3 Å². The van der Waals surface area contributed by atoms with Gasteiger partial charge in [0, 0.05) is 5.22 Å². The zero-order valence-electron chi connectivity index (χ0n) is 8.77. The van der Waals surface area contributed by atoms with Crippen LogP contribution in [0.25, 0.3) is 23.1 Å². The Morgan fingerprint density at radius 3 is 2.88 bits per heavy atom. The number of rotatable bonds is 0. The van der Waals surface area contributed by atoms with Gasteiger partial charge in [-0.1, -0.05) is 18.7 Å². The average Bonchev–Trinajstić information content (AvgIpc) is 2.58. The van der Waals surface area contributed by atoms with E-state index in [-0.39, 0.29) is 5.56 Å². The van der Waals surface area contributed by atoms with Crippen LogP contribution in [0.4, 0.5) is 0 Å². The SMILES string of the molecule is C=c1c(C)nn2c(=O)c3ccccc3nc12. The Hall–Kier alpha value is -2.23. The molecule has 4 heteroatoms. The fourth-order valence-corrected chi connectivity index (χ4v) is 1.78. The van der Waals surface area contributed by atoms with E-state index in [0.717, 1.165) is 5.69 Å². The van der Waals surface area contributed by atoms with Crippen molar-refractivity contribution in [1.82, 2.24) is 14.6 Å². The fraction of sp³-hybridized carbons (Fsp3) is 0.0833. The maximum atomic E-state index is 12.1. The number of nitrogens with zero attached hydrogens (tertiary/aromatic N) is 3. The molecule has 2 heterocycles. The average molecular weight is 211 g/mol. The lowest BCUT2D eigenvalue weighted by molar-refractivity contribution is 0.895. The molecule has 0 amide bonds. The van der Waals surface area contributed by atoms with E-state index in [0.29, 0.717) is 21.8 Å². The number of para-hydroxylation sites is 1. The second-order valence-corrected chi connectivity index (χ2v) is 3.73. The molecule has 0 atom stereocenters. The lowest BCUT2D eigenvalue weighted by atomic mass is 10.2. The van der Waals surface area contributed by atoms with E-state index in [4.69, 9.17) is 0 Å². The minimum absolute atomic E-state index is 0.140. The predicted molar refractivity (Wildman–Crippen MR) is 62.2 cm³/mol. The Kier molecular flexibility index (Phi) is 1.63. The van der Waals surface area contributed by atoms with Gasteiger partial charge in [-0.15, -0.1) is 0 Å². The molecule has 0 N–H and O–H groups in total. The molecule has 0 bridgehead atoms. The first kappa shape index (κ1) is 9.03. The van der Waals surface area contributed by atoms with E-state index in [1.54, 1.807) is 6.07 Å². The normalized spacial score (nSPS) is 11.3. The Labute approximate surface area is 90.8 Å². The van der Waals surface area contributed by atoms with E-state index >= 15 is 0 Å². The smallest absolute Gasteiger partial charge is 0.267 e. The molecule has 0 aliphatic carbocycles. The summed E-state index contributed by atoms with van der Waals surface area (Å²) in [7, 11) is 0. The fourth-order valence-electron chi connectivity index (χ4n) is 1.78. The molecule has 0 aliphatic heterocycles. The summed E-state index contributed by atoms with van der Waals surface area (Å²) < 4.78 is 1.32. The number of hydrogen-bond acceptors (Lipinski definition) is 3. The van der Waals surface area contributed by atoms with Crippen molar-refractivity contribution in [2.75, 3.05) is 0 Å². The third kappa shape index (κ3) is 1.01. The molecular formula is C12H9N3O. The van der Waals surface area contributed by atoms with Gasteiger partial charge in [0.1, 0.15) is 0 Å². The molecule has 0 spiro atoms. The summed E-state index contributed by atoms with van der Waals surface area (Å²) in [6.45, 7) is 5.69. The first-order chi connectivity index (χ1) is 7.68. The quantitative estimate of drug-likeness (QED) is 0.549. The number of fused-ring (bicyclic) bond motifs is 2. The van der Waals surface area contributed by atoms with Crippen LogP contribution in [0.1, 0.15) is 5.69 Å². The van der Waals surface area contributed by atoms with Crippen molar-refractivity contribution in [1.29, 1.82) is 0 Å². The molecular weight excluding hydrogens is 202 g/mol. The van der Waals surface area contributed by atoms with Crippen LogP contribution in [0, 0.1) is 6.92 Å². The van der Waals surface area contributed by atoms with Crippen LogP contribution in [-0.4, -0.2) is 14.6 Å². The lowest BCUT2D eigenvalue weighted by Crippen LogP contribution is -2.16. The molecule has 0 fully saturated rings. The third-order valence-corrected chi connectivity index (χ3v) is 2.71. The molecule has 0 saturated heterocycles. The van der Waals surface area contributed by atoms with Gasteiger partial charge in [-0.25, -0.2) is 4.98 Å². The van der Waals surface area contributed by atoms with E-state index in [1.165, 1.54) is 4.52 Å². The van der Waals surface area contributed by atoms with Gasteiger partial charge in [0.05, 0.1) is 16.6 Å². The molecule has 0 unspecified atom stereocenters. The van der Waals surface area contributed by atoms with Crippen molar-refractivity contribution in [2.45, 2.75) is 6.92 Å². The molecule has 4 nitrogen and oxygen atoms in total. The largest absolute Gasteiger partial charge is 0.282 e. The van der Waals surface area contributed by atoms with Crippen molar-refractivity contribution in [2.24, 2.45) is 0 Å². The third-order valence-electron chi connectivity index (χ3n) is 2.71. The van der Waals surface area contributed by atoms with Gasteiger partial charge in [-0.2, -0.15) is 9.61 Å². The number of aromatic nitrogens is 3. The minimum Gasteiger partial charge on any atom is -0.267 e. The lowest BCUT2D eigenvalue weighted by Gasteiger charge is -1.96. The maximum absolute atomic E-state index is 12.1. The Bertz CT molecular complexity index is 804. The van der Waals surface area contributed by atoms with Crippen molar-refractivity contribution in [3.05, 3.63) is 45.5 Å². The second kappa shape index (κ2) is 2.88. The highest BCUT2D eigenvalue weighted by atomic mass is 16.1. The van der Waals surface area contributed by atoms with Crippen LogP contribution in [-0.2, 0) is 0 Å². The summed E-state index contributed by atoms with van der Waals surface area (Å²) in [6, 6.07) is 7.25. The summed E-state index contributed by atoms with van der Waals surface area (Å²) in [5.41, 5.74) is 1.82. The highest BCUT2D eigenvalue weighted by molar-refractivity contribution is 5.79. The van der Waals surface area contributed by atoms with Crippen LogP contribution in [0.5, 0.6) is 0 Å². The minimum atomic E-state index is -0.140. The van der Waals surface area contributed by atoms with E-state index in [9.17, 15) is 4.79 Å². The van der Waals surface area contributed by atoms with Gasteiger partial charge in [0.25, 0.3) is 5.56 Å². The Balaban J connectivity index is 2.72. The highest BCUT2D eigenvalue weighted by Gasteiger charge is 2.08. The van der Waals surface area contributed by atoms with Gasteiger partial charge in [0.2, 0.25) is 0 Å². The number of aryl methyl sites for hydroxylation is 1. The maximum Gasteiger partial charge on any atom is 0.282 e. The van der Waals surface area contributed by atoms with Crippen LogP contribution in [0.15, 0.2) is 29.1 Å². The van der Waals surface area contributed by atoms with Gasteiger partial charge < -0.3 is 0 Å². The van der Waals surface area contributed by atoms with E-state index in [2.05, 4.69) is 16.7 Å². The van der Waals surface area contributed by atoms with Crippen molar-refractivity contribution in [3.63, 3.8) is 0 Å². The zero-order chi connectivity index (χ0) is 11.3. The van der Waals surface area contributed by atoms with Gasteiger partial charge in [-0.05, 0) is 19.1 Å². The van der Waals surface area contributed by atoms with Gasteiger partial charge in [0.15, 0.2) is 5.65 Å². The van der Waals surface area contributed by atoms with Crippen molar-refractivity contribution < 1.29 is 0 Å². The number of hydrogen-bond donors (Lipinski definition) is 0. The van der Waals surface area contributed by atoms with E-state index in [1.807, 2.05) is 25.1 Å².